The summed E-state index contributed by atoms with van der Waals surface area (Å²) >= 11 is 0. The molecule has 0 spiro atoms. The highest BCUT2D eigenvalue weighted by atomic mass is 16.5. The van der Waals surface area contributed by atoms with Gasteiger partial charge in [-0.1, -0.05) is 30.3 Å². The Labute approximate surface area is 225 Å². The first kappa shape index (κ1) is 25.0. The molecule has 2 unspecified atom stereocenters. The number of pyridine rings is 1. The third-order valence-electron chi connectivity index (χ3n) is 7.13. The lowest BCUT2D eigenvalue weighted by Crippen LogP contribution is -2.34. The molecule has 2 atom stereocenters. The maximum atomic E-state index is 12.8. The van der Waals surface area contributed by atoms with Crippen LogP contribution in [-0.4, -0.2) is 68.2 Å². The van der Waals surface area contributed by atoms with Crippen LogP contribution >= 0.6 is 0 Å². The van der Waals surface area contributed by atoms with Gasteiger partial charge in [0.25, 0.3) is 0 Å². The molecule has 3 aromatic rings. The molecule has 3 aliphatic heterocycles. The third kappa shape index (κ3) is 4.62. The van der Waals surface area contributed by atoms with Crippen molar-refractivity contribution in [3.8, 4) is 22.6 Å². The number of anilines is 1. The molecule has 1 N–H and O–H groups in total. The summed E-state index contributed by atoms with van der Waals surface area (Å²) in [5.74, 6) is 1.07. The highest BCUT2D eigenvalue weighted by molar-refractivity contribution is 5.96. The van der Waals surface area contributed by atoms with Gasteiger partial charge in [0.05, 0.1) is 37.3 Å². The molecular formula is C29H30N6O4. The molecule has 1 saturated heterocycles. The number of carbonyl (C=O) groups is 1. The third-order valence-corrected chi connectivity index (χ3v) is 7.13. The van der Waals surface area contributed by atoms with Crippen molar-refractivity contribution in [2.24, 2.45) is 0 Å². The van der Waals surface area contributed by atoms with Gasteiger partial charge in [0, 0.05) is 49.8 Å². The van der Waals surface area contributed by atoms with Gasteiger partial charge >= 0.3 is 5.97 Å². The van der Waals surface area contributed by atoms with Crippen molar-refractivity contribution in [3.05, 3.63) is 78.2 Å². The first-order valence-corrected chi connectivity index (χ1v) is 13.1. The van der Waals surface area contributed by atoms with Crippen LogP contribution in [0.1, 0.15) is 35.3 Å². The van der Waals surface area contributed by atoms with Gasteiger partial charge in [0.2, 0.25) is 0 Å². The van der Waals surface area contributed by atoms with E-state index >= 15 is 0 Å². The summed E-state index contributed by atoms with van der Waals surface area (Å²) in [7, 11) is 1.99. The number of aromatic nitrogens is 5. The van der Waals surface area contributed by atoms with Crippen LogP contribution in [0, 0.1) is 0 Å². The van der Waals surface area contributed by atoms with Crippen LogP contribution in [0.5, 0.6) is 0 Å². The molecular weight excluding hydrogens is 496 g/mol. The monoisotopic (exact) mass is 526 g/mol. The van der Waals surface area contributed by atoms with Crippen molar-refractivity contribution in [3.63, 3.8) is 0 Å². The Kier molecular flexibility index (Phi) is 6.72. The predicted molar refractivity (Wildman–Crippen MR) is 146 cm³/mol. The van der Waals surface area contributed by atoms with Gasteiger partial charge in [-0.2, -0.15) is 9.61 Å². The summed E-state index contributed by atoms with van der Waals surface area (Å²) in [4.78, 5) is 24.5. The zero-order valence-corrected chi connectivity index (χ0v) is 21.9. The fourth-order valence-corrected chi connectivity index (χ4v) is 5.21. The Hall–Kier alpha value is -4.28. The van der Waals surface area contributed by atoms with Crippen LogP contribution in [-0.2, 0) is 16.0 Å². The zero-order valence-electron chi connectivity index (χ0n) is 21.9. The van der Waals surface area contributed by atoms with E-state index in [0.29, 0.717) is 43.1 Å². The predicted octanol–water partition coefficient (Wildman–Crippen LogP) is 3.83. The van der Waals surface area contributed by atoms with E-state index in [1.54, 1.807) is 17.6 Å². The van der Waals surface area contributed by atoms with E-state index in [1.165, 1.54) is 6.20 Å². The first-order valence-electron chi connectivity index (χ1n) is 13.1. The van der Waals surface area contributed by atoms with E-state index in [1.807, 2.05) is 54.2 Å². The number of hydrogen-bond acceptors (Lipinski definition) is 8. The zero-order chi connectivity index (χ0) is 26.9. The second kappa shape index (κ2) is 10.5. The first-order chi connectivity index (χ1) is 19.0. The number of aliphatic hydroxyl groups excluding tert-OH is 1. The largest absolute Gasteiger partial charge is 0.462 e. The highest BCUT2D eigenvalue weighted by Crippen LogP contribution is 2.37. The maximum absolute atomic E-state index is 12.8. The number of esters is 1. The van der Waals surface area contributed by atoms with E-state index in [4.69, 9.17) is 19.4 Å². The summed E-state index contributed by atoms with van der Waals surface area (Å²) in [5.41, 5.74) is 4.25. The van der Waals surface area contributed by atoms with E-state index in [2.05, 4.69) is 22.1 Å². The summed E-state index contributed by atoms with van der Waals surface area (Å²) < 4.78 is 14.4. The molecule has 0 saturated carbocycles. The molecule has 3 aliphatic rings. The lowest BCUT2D eigenvalue weighted by molar-refractivity contribution is -0.0383. The molecule has 0 amide bonds. The topological polar surface area (TPSA) is 107 Å². The van der Waals surface area contributed by atoms with Crippen LogP contribution in [0.2, 0.25) is 0 Å². The smallest absolute Gasteiger partial charge is 0.343 e. The van der Waals surface area contributed by atoms with Crippen molar-refractivity contribution in [1.29, 1.82) is 0 Å². The maximum Gasteiger partial charge on any atom is 0.343 e. The fraction of sp³-hybridized carbons (Fsp3) is 0.310. The van der Waals surface area contributed by atoms with Gasteiger partial charge in [0.15, 0.2) is 5.65 Å². The van der Waals surface area contributed by atoms with Crippen molar-refractivity contribution < 1.29 is 19.4 Å². The van der Waals surface area contributed by atoms with Crippen LogP contribution in [0.25, 0.3) is 28.3 Å². The molecule has 6 rings (SSSR count). The molecule has 1 fully saturated rings. The number of benzene rings is 1. The summed E-state index contributed by atoms with van der Waals surface area (Å²) in [6.07, 6.45) is 5.34. The lowest BCUT2D eigenvalue weighted by atomic mass is 10.0. The van der Waals surface area contributed by atoms with Crippen molar-refractivity contribution in [2.45, 2.75) is 32.0 Å². The quantitative estimate of drug-likeness (QED) is 0.319. The fourth-order valence-electron chi connectivity index (χ4n) is 5.21. The normalized spacial score (nSPS) is 17.5. The van der Waals surface area contributed by atoms with E-state index in [0.717, 1.165) is 28.3 Å². The average molecular weight is 527 g/mol. The minimum absolute atomic E-state index is 0.126. The van der Waals surface area contributed by atoms with Crippen molar-refractivity contribution >= 4 is 17.4 Å². The van der Waals surface area contributed by atoms with Crippen LogP contribution in [0.15, 0.2) is 67.1 Å². The number of ether oxygens (including phenoxy) is 2. The second-order valence-corrected chi connectivity index (χ2v) is 9.68. The van der Waals surface area contributed by atoms with Crippen LogP contribution in [0.4, 0.5) is 5.82 Å². The number of carbonyl (C=O) groups excluding carboxylic acids is 1. The van der Waals surface area contributed by atoms with Gasteiger partial charge in [-0.3, -0.25) is 0 Å². The molecule has 10 nitrogen and oxygen atoms in total. The number of aliphatic hydroxyl groups is 1. The van der Waals surface area contributed by atoms with Gasteiger partial charge in [-0.25, -0.2) is 14.8 Å². The number of fused-ring (bicyclic) bond motifs is 2. The molecule has 1 aromatic carbocycles. The molecule has 0 aliphatic carbocycles. The van der Waals surface area contributed by atoms with Crippen molar-refractivity contribution in [2.75, 3.05) is 31.8 Å². The molecule has 10 heteroatoms. The minimum atomic E-state index is -0.610. The van der Waals surface area contributed by atoms with E-state index in [9.17, 15) is 9.90 Å². The second-order valence-electron chi connectivity index (χ2n) is 9.68. The Balaban J connectivity index is 1.46. The standard InChI is InChI=1S/C29H30N6O4/c1-3-39-29(37)22-16-31-35-26(33(2)17-19-8-5-4-6-9-19)14-23(32-28(22)35)21-15-30-27-20(21)10-7-12-34(27)24-11-13-38-18-25(24)36/h4-10,12,14-16,24-25,36H,3,11,13,17-18H2,1-2H3. The summed E-state index contributed by atoms with van der Waals surface area (Å²) in [5, 5.41) is 15.1. The van der Waals surface area contributed by atoms with Gasteiger partial charge < -0.3 is 24.0 Å². The Morgan fingerprint density at radius 1 is 1.18 bits per heavy atom. The molecule has 2 aromatic heterocycles. The molecule has 5 heterocycles. The minimum Gasteiger partial charge on any atom is -0.462 e. The molecule has 39 heavy (non-hydrogen) atoms. The molecule has 0 bridgehead atoms. The Morgan fingerprint density at radius 2 is 2.03 bits per heavy atom. The average Bonchev–Trinajstić information content (AvgIpc) is 3.58. The number of rotatable bonds is 7. The van der Waals surface area contributed by atoms with Crippen LogP contribution < -0.4 is 4.90 Å². The number of hydrogen-bond donors (Lipinski definition) is 1. The van der Waals surface area contributed by atoms with E-state index in [-0.39, 0.29) is 12.6 Å². The van der Waals surface area contributed by atoms with E-state index < -0.39 is 12.1 Å². The van der Waals surface area contributed by atoms with Gasteiger partial charge in [0.1, 0.15) is 17.2 Å². The molecule has 200 valence electrons. The number of nitrogens with zero attached hydrogens (tertiary/aromatic N) is 6. The summed E-state index contributed by atoms with van der Waals surface area (Å²) in [6.45, 7) is 3.55. The Morgan fingerprint density at radius 3 is 2.82 bits per heavy atom. The van der Waals surface area contributed by atoms with Crippen LogP contribution in [0.3, 0.4) is 0 Å². The Bertz CT molecular complexity index is 1580. The molecule has 0 radical (unpaired) electrons. The van der Waals surface area contributed by atoms with Gasteiger partial charge in [-0.05, 0) is 31.0 Å². The summed E-state index contributed by atoms with van der Waals surface area (Å²) in [6, 6.07) is 16.0. The van der Waals surface area contributed by atoms with Gasteiger partial charge in [-0.15, -0.1) is 0 Å². The SMILES string of the molecule is CCOC(=O)c1cnn2c(N(C)Cc3ccccc3)cc(-c3cnc4n(C5CCOCC5O)cccc3-4)nc12. The highest BCUT2D eigenvalue weighted by Gasteiger charge is 2.29. The lowest BCUT2D eigenvalue weighted by Gasteiger charge is -2.31. The van der Waals surface area contributed by atoms with Crippen molar-refractivity contribution in [1.82, 2.24) is 24.1 Å².